The van der Waals surface area contributed by atoms with E-state index >= 15 is 0 Å². The van der Waals surface area contributed by atoms with Crippen LogP contribution in [-0.4, -0.2) is 13.1 Å². The van der Waals surface area contributed by atoms with Crippen LogP contribution >= 0.6 is 11.6 Å². The van der Waals surface area contributed by atoms with Crippen molar-refractivity contribution in [3.05, 3.63) is 53.1 Å². The van der Waals surface area contributed by atoms with E-state index in [1.165, 1.54) is 7.11 Å². The summed E-state index contributed by atoms with van der Waals surface area (Å²) in [6, 6.07) is 11.6. The number of carbonyl (C=O) groups excluding carboxylic acids is 1. The number of hydrogen-bond donors (Lipinski definition) is 1. The third kappa shape index (κ3) is 3.17. The minimum absolute atomic E-state index is 0.406. The number of esters is 1. The number of rotatable bonds is 3. The first-order valence-corrected chi connectivity index (χ1v) is 5.89. The van der Waals surface area contributed by atoms with Gasteiger partial charge in [0, 0.05) is 5.69 Å². The molecule has 0 fully saturated rings. The van der Waals surface area contributed by atoms with Crippen LogP contribution in [-0.2, 0) is 4.74 Å². The minimum atomic E-state index is -0.422. The number of carbonyl (C=O) groups is 1. The fourth-order valence-electron chi connectivity index (χ4n) is 1.53. The molecule has 2 N–H and O–H groups in total. The van der Waals surface area contributed by atoms with Gasteiger partial charge in [0.05, 0.1) is 17.7 Å². The molecule has 2 rings (SSSR count). The number of benzene rings is 2. The van der Waals surface area contributed by atoms with Crippen LogP contribution in [0.25, 0.3) is 0 Å². The van der Waals surface area contributed by atoms with Crippen LogP contribution in [0.3, 0.4) is 0 Å². The Kier molecular flexibility index (Phi) is 3.92. The largest absolute Gasteiger partial charge is 0.465 e. The summed E-state index contributed by atoms with van der Waals surface area (Å²) < 4.78 is 10.2. The Morgan fingerprint density at radius 3 is 2.68 bits per heavy atom. The average molecular weight is 278 g/mol. The molecule has 0 amide bonds. The topological polar surface area (TPSA) is 61.5 Å². The van der Waals surface area contributed by atoms with Gasteiger partial charge >= 0.3 is 5.97 Å². The van der Waals surface area contributed by atoms with Crippen LogP contribution in [0, 0.1) is 0 Å². The summed E-state index contributed by atoms with van der Waals surface area (Å²) in [4.78, 5) is 11.4. The zero-order chi connectivity index (χ0) is 13.8. The van der Waals surface area contributed by atoms with Crippen molar-refractivity contribution in [1.29, 1.82) is 0 Å². The van der Waals surface area contributed by atoms with Crippen molar-refractivity contribution < 1.29 is 14.3 Å². The second-order valence-corrected chi connectivity index (χ2v) is 4.22. The van der Waals surface area contributed by atoms with E-state index in [0.717, 1.165) is 0 Å². The lowest BCUT2D eigenvalue weighted by atomic mass is 10.2. The van der Waals surface area contributed by atoms with E-state index in [0.29, 0.717) is 27.8 Å². The Hall–Kier alpha value is -2.20. The first-order chi connectivity index (χ1) is 9.10. The maximum Gasteiger partial charge on any atom is 0.337 e. The average Bonchev–Trinajstić information content (AvgIpc) is 2.41. The molecular weight excluding hydrogens is 266 g/mol. The molecule has 5 heteroatoms. The van der Waals surface area contributed by atoms with Crippen molar-refractivity contribution in [2.24, 2.45) is 0 Å². The number of anilines is 1. The number of nitrogens with two attached hydrogens (primary N) is 1. The Balaban J connectivity index is 2.26. The lowest BCUT2D eigenvalue weighted by Crippen LogP contribution is -2.00. The molecule has 0 saturated heterocycles. The minimum Gasteiger partial charge on any atom is -0.465 e. The highest BCUT2D eigenvalue weighted by Crippen LogP contribution is 2.31. The number of methoxy groups -OCH3 is 1. The van der Waals surface area contributed by atoms with Gasteiger partial charge in [-0.25, -0.2) is 4.79 Å². The lowest BCUT2D eigenvalue weighted by Gasteiger charge is -2.09. The van der Waals surface area contributed by atoms with E-state index in [2.05, 4.69) is 4.74 Å². The molecule has 0 bridgehead atoms. The third-order valence-corrected chi connectivity index (χ3v) is 2.73. The highest BCUT2D eigenvalue weighted by Gasteiger charge is 2.08. The molecule has 2 aromatic carbocycles. The van der Waals surface area contributed by atoms with Crippen molar-refractivity contribution in [3.63, 3.8) is 0 Å². The second kappa shape index (κ2) is 5.63. The van der Waals surface area contributed by atoms with Gasteiger partial charge in [-0.2, -0.15) is 0 Å². The number of ether oxygens (including phenoxy) is 2. The van der Waals surface area contributed by atoms with Crippen molar-refractivity contribution in [3.8, 4) is 11.5 Å². The summed E-state index contributed by atoms with van der Waals surface area (Å²) in [6.45, 7) is 0. The van der Waals surface area contributed by atoms with Gasteiger partial charge in [0.1, 0.15) is 11.5 Å². The highest BCUT2D eigenvalue weighted by molar-refractivity contribution is 6.32. The predicted octanol–water partition coefficient (Wildman–Crippen LogP) is 3.50. The maximum absolute atomic E-state index is 11.4. The van der Waals surface area contributed by atoms with E-state index in [9.17, 15) is 4.79 Å². The van der Waals surface area contributed by atoms with E-state index in [1.54, 1.807) is 42.5 Å². The predicted molar refractivity (Wildman–Crippen MR) is 73.7 cm³/mol. The Bertz CT molecular complexity index is 613. The van der Waals surface area contributed by atoms with Gasteiger partial charge in [0.15, 0.2) is 0 Å². The molecule has 0 unspecified atom stereocenters. The van der Waals surface area contributed by atoms with E-state index in [-0.39, 0.29) is 0 Å². The van der Waals surface area contributed by atoms with Crippen LogP contribution in [0.5, 0.6) is 11.5 Å². The lowest BCUT2D eigenvalue weighted by molar-refractivity contribution is 0.0600. The first kappa shape index (κ1) is 13.2. The van der Waals surface area contributed by atoms with Gasteiger partial charge in [-0.3, -0.25) is 0 Å². The number of halogens is 1. The van der Waals surface area contributed by atoms with Crippen LogP contribution in [0.2, 0.25) is 5.02 Å². The summed E-state index contributed by atoms with van der Waals surface area (Å²) in [5, 5.41) is 0.406. The zero-order valence-corrected chi connectivity index (χ0v) is 11.0. The van der Waals surface area contributed by atoms with Gasteiger partial charge in [0.25, 0.3) is 0 Å². The molecule has 0 heterocycles. The molecule has 0 aliphatic heterocycles. The molecule has 0 radical (unpaired) electrons. The molecule has 0 aliphatic carbocycles. The monoisotopic (exact) mass is 277 g/mol. The molecule has 0 saturated carbocycles. The summed E-state index contributed by atoms with van der Waals surface area (Å²) in [5.74, 6) is 0.543. The summed E-state index contributed by atoms with van der Waals surface area (Å²) in [6.07, 6.45) is 0. The molecule has 0 atom stereocenters. The van der Waals surface area contributed by atoms with Gasteiger partial charge < -0.3 is 15.2 Å². The van der Waals surface area contributed by atoms with Crippen LogP contribution in [0.4, 0.5) is 5.69 Å². The van der Waals surface area contributed by atoms with Gasteiger partial charge in [-0.1, -0.05) is 17.7 Å². The SMILES string of the molecule is COC(=O)c1cccc(Oc2ccc(N)cc2Cl)c1. The normalized spacial score (nSPS) is 10.0. The summed E-state index contributed by atoms with van der Waals surface area (Å²) >= 11 is 6.01. The summed E-state index contributed by atoms with van der Waals surface area (Å²) in [5.41, 5.74) is 6.57. The van der Waals surface area contributed by atoms with E-state index < -0.39 is 5.97 Å². The van der Waals surface area contributed by atoms with Gasteiger partial charge in [0.2, 0.25) is 0 Å². The molecule has 0 spiro atoms. The maximum atomic E-state index is 11.4. The van der Waals surface area contributed by atoms with Crippen LogP contribution in [0.15, 0.2) is 42.5 Å². The Morgan fingerprint density at radius 1 is 1.21 bits per heavy atom. The van der Waals surface area contributed by atoms with Crippen molar-refractivity contribution in [1.82, 2.24) is 0 Å². The fourth-order valence-corrected chi connectivity index (χ4v) is 1.76. The quantitative estimate of drug-likeness (QED) is 0.689. The first-order valence-electron chi connectivity index (χ1n) is 5.51. The standard InChI is InChI=1S/C14H12ClNO3/c1-18-14(17)9-3-2-4-11(7-9)19-13-6-5-10(16)8-12(13)15/h2-8H,16H2,1H3. The third-order valence-electron chi connectivity index (χ3n) is 2.44. The molecule has 0 aliphatic rings. The Morgan fingerprint density at radius 2 is 2.00 bits per heavy atom. The number of nitrogen functional groups attached to an aromatic ring is 1. The Labute approximate surface area is 115 Å². The zero-order valence-electron chi connectivity index (χ0n) is 10.2. The highest BCUT2D eigenvalue weighted by atomic mass is 35.5. The smallest absolute Gasteiger partial charge is 0.337 e. The fraction of sp³-hybridized carbons (Fsp3) is 0.0714. The van der Waals surface area contributed by atoms with Crippen molar-refractivity contribution in [2.45, 2.75) is 0 Å². The molecule has 2 aromatic rings. The second-order valence-electron chi connectivity index (χ2n) is 3.81. The van der Waals surface area contributed by atoms with Crippen molar-refractivity contribution >= 4 is 23.3 Å². The summed E-state index contributed by atoms with van der Waals surface area (Å²) in [7, 11) is 1.33. The van der Waals surface area contributed by atoms with Crippen LogP contribution in [0.1, 0.15) is 10.4 Å². The molecule has 0 aromatic heterocycles. The number of hydrogen-bond acceptors (Lipinski definition) is 4. The molecule has 98 valence electrons. The van der Waals surface area contributed by atoms with Crippen molar-refractivity contribution in [2.75, 3.05) is 12.8 Å². The molecule has 19 heavy (non-hydrogen) atoms. The van der Waals surface area contributed by atoms with E-state index in [1.807, 2.05) is 0 Å². The van der Waals surface area contributed by atoms with Gasteiger partial charge in [-0.05, 0) is 36.4 Å². The molecule has 4 nitrogen and oxygen atoms in total. The van der Waals surface area contributed by atoms with E-state index in [4.69, 9.17) is 22.1 Å². The molecular formula is C14H12ClNO3. The van der Waals surface area contributed by atoms with Gasteiger partial charge in [-0.15, -0.1) is 0 Å². The van der Waals surface area contributed by atoms with Crippen LogP contribution < -0.4 is 10.5 Å².